The van der Waals surface area contributed by atoms with E-state index in [9.17, 15) is 18.0 Å². The number of rotatable bonds is 4. The molecular formula is C20H15ClF3N7O2. The topological polar surface area (TPSA) is 134 Å². The van der Waals surface area contributed by atoms with Gasteiger partial charge in [0.05, 0.1) is 23.3 Å². The predicted octanol–water partition coefficient (Wildman–Crippen LogP) is 3.82. The number of ether oxygens (including phenoxy) is 1. The fraction of sp³-hybridized carbons (Fsp3) is 0.100. The lowest BCUT2D eigenvalue weighted by molar-refractivity contribution is 0.187. The summed E-state index contributed by atoms with van der Waals surface area (Å²) in [5, 5.41) is 6.56. The maximum Gasteiger partial charge on any atom is 0.411 e. The number of nitrogens with one attached hydrogen (secondary N) is 1. The van der Waals surface area contributed by atoms with E-state index in [0.29, 0.717) is 10.9 Å². The van der Waals surface area contributed by atoms with Crippen LogP contribution >= 0.6 is 11.6 Å². The van der Waals surface area contributed by atoms with Crippen molar-refractivity contribution >= 4 is 45.9 Å². The van der Waals surface area contributed by atoms with Gasteiger partial charge in [-0.1, -0.05) is 11.6 Å². The van der Waals surface area contributed by atoms with Crippen molar-refractivity contribution in [1.29, 1.82) is 0 Å². The summed E-state index contributed by atoms with van der Waals surface area (Å²) in [5.74, 6) is -2.58. The van der Waals surface area contributed by atoms with E-state index < -0.39 is 28.6 Å². The van der Waals surface area contributed by atoms with Gasteiger partial charge in [0.25, 0.3) is 5.95 Å². The Bertz CT molecular complexity index is 1390. The van der Waals surface area contributed by atoms with Crippen LogP contribution < -0.4 is 16.8 Å². The zero-order valence-corrected chi connectivity index (χ0v) is 17.6. The third-order valence-electron chi connectivity index (χ3n) is 4.70. The van der Waals surface area contributed by atoms with E-state index in [1.807, 2.05) is 0 Å². The van der Waals surface area contributed by atoms with E-state index in [1.165, 1.54) is 22.9 Å². The Morgan fingerprint density at radius 2 is 1.82 bits per heavy atom. The number of methoxy groups -OCH3 is 1. The van der Waals surface area contributed by atoms with E-state index in [-0.39, 0.29) is 40.9 Å². The van der Waals surface area contributed by atoms with Crippen molar-refractivity contribution in [3.05, 3.63) is 64.1 Å². The van der Waals surface area contributed by atoms with Crippen molar-refractivity contribution in [2.75, 3.05) is 23.9 Å². The fourth-order valence-electron chi connectivity index (χ4n) is 3.21. The predicted molar refractivity (Wildman–Crippen MR) is 116 cm³/mol. The Balaban J connectivity index is 1.85. The molecule has 0 spiro atoms. The minimum atomic E-state index is -0.831. The third-order valence-corrected chi connectivity index (χ3v) is 4.97. The van der Waals surface area contributed by atoms with Gasteiger partial charge < -0.3 is 16.2 Å². The molecule has 0 atom stereocenters. The van der Waals surface area contributed by atoms with Gasteiger partial charge in [0.1, 0.15) is 23.1 Å². The lowest BCUT2D eigenvalue weighted by Crippen LogP contribution is -2.17. The summed E-state index contributed by atoms with van der Waals surface area (Å²) in [4.78, 5) is 19.7. The number of nitrogens with zero attached hydrogens (tertiary/aromatic N) is 4. The van der Waals surface area contributed by atoms with E-state index >= 15 is 0 Å². The number of halogens is 4. The second kappa shape index (κ2) is 8.47. The zero-order valence-electron chi connectivity index (χ0n) is 16.9. The molecule has 2 aromatic heterocycles. The molecule has 4 rings (SSSR count). The standard InChI is InChI=1S/C20H15ClF3N7O2/c1-33-20(32)27-16-17(25)28-19(29-18(16)26)31-14-3-2-9(22)6-11(14)13(30-31)5-8-4-10(23)7-12(21)15(8)24/h2-4,6-7H,5H2,1H3,(H,27,32)(H4,25,26,28,29). The molecule has 13 heteroatoms. The molecule has 2 aromatic carbocycles. The normalized spacial score (nSPS) is 11.1. The van der Waals surface area contributed by atoms with E-state index in [4.69, 9.17) is 23.1 Å². The number of hydrogen-bond donors (Lipinski definition) is 3. The van der Waals surface area contributed by atoms with E-state index in [1.54, 1.807) is 0 Å². The number of aromatic nitrogens is 4. The van der Waals surface area contributed by atoms with E-state index in [0.717, 1.165) is 19.2 Å². The highest BCUT2D eigenvalue weighted by molar-refractivity contribution is 6.30. The van der Waals surface area contributed by atoms with Crippen LogP contribution in [0.15, 0.2) is 30.3 Å². The van der Waals surface area contributed by atoms with Crippen molar-refractivity contribution in [1.82, 2.24) is 19.7 Å². The first kappa shape index (κ1) is 22.1. The molecular weight excluding hydrogens is 463 g/mol. The van der Waals surface area contributed by atoms with Crippen LogP contribution in [0, 0.1) is 17.5 Å². The first-order valence-electron chi connectivity index (χ1n) is 9.26. The molecule has 0 radical (unpaired) electrons. The summed E-state index contributed by atoms with van der Waals surface area (Å²) in [6.07, 6.45) is -1.04. The number of benzene rings is 2. The van der Waals surface area contributed by atoms with Crippen LogP contribution in [-0.4, -0.2) is 33.0 Å². The Hall–Kier alpha value is -4.06. The van der Waals surface area contributed by atoms with Crippen molar-refractivity contribution in [2.24, 2.45) is 0 Å². The van der Waals surface area contributed by atoms with Crippen molar-refractivity contribution in [3.8, 4) is 5.95 Å². The Morgan fingerprint density at radius 1 is 1.12 bits per heavy atom. The summed E-state index contributed by atoms with van der Waals surface area (Å²) >= 11 is 5.74. The number of nitrogen functional groups attached to an aromatic ring is 2. The number of carbonyl (C=O) groups is 1. The summed E-state index contributed by atoms with van der Waals surface area (Å²) in [6.45, 7) is 0. The molecule has 9 nitrogen and oxygen atoms in total. The highest BCUT2D eigenvalue weighted by Crippen LogP contribution is 2.29. The second-order valence-electron chi connectivity index (χ2n) is 6.84. The van der Waals surface area contributed by atoms with Crippen molar-refractivity contribution in [2.45, 2.75) is 6.42 Å². The Labute approximate surface area is 189 Å². The minimum absolute atomic E-state index is 0.0650. The summed E-state index contributed by atoms with van der Waals surface area (Å²) < 4.78 is 47.9. The molecule has 0 fully saturated rings. The number of fused-ring (bicyclic) bond motifs is 1. The molecule has 4 aromatic rings. The number of anilines is 3. The van der Waals surface area contributed by atoms with Gasteiger partial charge >= 0.3 is 6.09 Å². The average molecular weight is 478 g/mol. The molecule has 0 saturated carbocycles. The largest absolute Gasteiger partial charge is 0.453 e. The van der Waals surface area contributed by atoms with Gasteiger partial charge in [0.15, 0.2) is 11.6 Å². The quantitative estimate of drug-likeness (QED) is 0.380. The molecule has 170 valence electrons. The summed E-state index contributed by atoms with van der Waals surface area (Å²) in [5.41, 5.74) is 12.2. The van der Waals surface area contributed by atoms with Crippen LogP contribution in [0.3, 0.4) is 0 Å². The smallest absolute Gasteiger partial charge is 0.411 e. The molecule has 33 heavy (non-hydrogen) atoms. The van der Waals surface area contributed by atoms with Crippen LogP contribution in [0.1, 0.15) is 11.3 Å². The molecule has 0 unspecified atom stereocenters. The van der Waals surface area contributed by atoms with Gasteiger partial charge in [0, 0.05) is 11.8 Å². The van der Waals surface area contributed by atoms with Crippen molar-refractivity contribution in [3.63, 3.8) is 0 Å². The monoisotopic (exact) mass is 477 g/mol. The van der Waals surface area contributed by atoms with Gasteiger partial charge in [-0.05, 0) is 35.9 Å². The van der Waals surface area contributed by atoms with Gasteiger partial charge in [0.2, 0.25) is 0 Å². The average Bonchev–Trinajstić information content (AvgIpc) is 3.11. The summed E-state index contributed by atoms with van der Waals surface area (Å²) in [6, 6.07) is 5.61. The molecule has 0 saturated heterocycles. The lowest BCUT2D eigenvalue weighted by Gasteiger charge is -2.11. The minimum Gasteiger partial charge on any atom is -0.453 e. The van der Waals surface area contributed by atoms with Crippen molar-refractivity contribution < 1.29 is 22.7 Å². The highest BCUT2D eigenvalue weighted by Gasteiger charge is 2.20. The van der Waals surface area contributed by atoms with Gasteiger partial charge in [-0.3, -0.25) is 5.32 Å². The SMILES string of the molecule is COC(=O)Nc1c(N)nc(-n2nc(Cc3cc(F)cc(Cl)c3F)c3cc(F)ccc32)nc1N. The van der Waals surface area contributed by atoms with Gasteiger partial charge in [-0.15, -0.1) is 0 Å². The van der Waals surface area contributed by atoms with Crippen LogP contribution in [0.2, 0.25) is 5.02 Å². The molecule has 5 N–H and O–H groups in total. The molecule has 2 heterocycles. The van der Waals surface area contributed by atoms with Gasteiger partial charge in [-0.2, -0.15) is 19.7 Å². The molecule has 1 amide bonds. The van der Waals surface area contributed by atoms with Crippen LogP contribution in [0.5, 0.6) is 0 Å². The molecule has 0 aliphatic rings. The van der Waals surface area contributed by atoms with E-state index in [2.05, 4.69) is 25.1 Å². The number of carbonyl (C=O) groups excluding carboxylic acids is 1. The molecule has 0 aliphatic heterocycles. The number of nitrogens with two attached hydrogens (primary N) is 2. The first-order chi connectivity index (χ1) is 15.7. The number of hydrogen-bond acceptors (Lipinski definition) is 7. The third kappa shape index (κ3) is 4.20. The van der Waals surface area contributed by atoms with Crippen LogP contribution in [0.4, 0.5) is 35.3 Å². The fourth-order valence-corrected chi connectivity index (χ4v) is 3.44. The lowest BCUT2D eigenvalue weighted by atomic mass is 10.1. The van der Waals surface area contributed by atoms with Crippen LogP contribution in [-0.2, 0) is 11.2 Å². The highest BCUT2D eigenvalue weighted by atomic mass is 35.5. The second-order valence-corrected chi connectivity index (χ2v) is 7.25. The molecule has 0 bridgehead atoms. The molecule has 0 aliphatic carbocycles. The Morgan fingerprint density at radius 3 is 2.48 bits per heavy atom. The maximum atomic E-state index is 14.5. The summed E-state index contributed by atoms with van der Waals surface area (Å²) in [7, 11) is 1.15. The first-order valence-corrected chi connectivity index (χ1v) is 9.64. The number of amides is 1. The Kier molecular flexibility index (Phi) is 5.68. The maximum absolute atomic E-state index is 14.5. The van der Waals surface area contributed by atoms with Crippen LogP contribution in [0.25, 0.3) is 16.9 Å². The zero-order chi connectivity index (χ0) is 23.9. The van der Waals surface area contributed by atoms with Gasteiger partial charge in [-0.25, -0.2) is 18.0 Å².